The molecule has 1 saturated heterocycles. The van der Waals surface area contributed by atoms with Gasteiger partial charge in [-0.15, -0.1) is 24.8 Å². The maximum Gasteiger partial charge on any atom is 0.124 e. The van der Waals surface area contributed by atoms with Gasteiger partial charge in [0, 0.05) is 18.7 Å². The molecule has 1 aromatic carbocycles. The van der Waals surface area contributed by atoms with Crippen molar-refractivity contribution < 1.29 is 4.74 Å². The van der Waals surface area contributed by atoms with Crippen LogP contribution in [0.4, 0.5) is 0 Å². The molecule has 0 spiro atoms. The van der Waals surface area contributed by atoms with Crippen molar-refractivity contribution in [2.24, 2.45) is 5.92 Å². The lowest BCUT2D eigenvalue weighted by Gasteiger charge is -2.33. The molecule has 1 heterocycles. The highest BCUT2D eigenvalue weighted by Crippen LogP contribution is 2.28. The first-order valence-electron chi connectivity index (χ1n) is 8.96. The first-order valence-corrected chi connectivity index (χ1v) is 8.96. The molecule has 1 N–H and O–H groups in total. The van der Waals surface area contributed by atoms with Gasteiger partial charge in [-0.25, -0.2) is 0 Å². The van der Waals surface area contributed by atoms with Crippen LogP contribution in [0.25, 0.3) is 0 Å². The van der Waals surface area contributed by atoms with Crippen LogP contribution >= 0.6 is 24.8 Å². The molecule has 24 heavy (non-hydrogen) atoms. The van der Waals surface area contributed by atoms with E-state index in [-0.39, 0.29) is 24.8 Å². The van der Waals surface area contributed by atoms with Gasteiger partial charge in [0.05, 0.1) is 6.10 Å². The Morgan fingerprint density at radius 3 is 2.58 bits per heavy atom. The van der Waals surface area contributed by atoms with Gasteiger partial charge in [0.2, 0.25) is 0 Å². The van der Waals surface area contributed by atoms with Crippen molar-refractivity contribution in [2.75, 3.05) is 26.7 Å². The minimum Gasteiger partial charge on any atom is -0.490 e. The summed E-state index contributed by atoms with van der Waals surface area (Å²) < 4.78 is 6.28. The minimum atomic E-state index is 0. The van der Waals surface area contributed by atoms with Crippen LogP contribution in [0.3, 0.4) is 0 Å². The molecule has 1 aromatic rings. The second-order valence-electron chi connectivity index (χ2n) is 6.93. The Balaban J connectivity index is 0.00000144. The van der Waals surface area contributed by atoms with Crippen molar-refractivity contribution >= 4 is 24.8 Å². The van der Waals surface area contributed by atoms with E-state index in [0.717, 1.165) is 24.8 Å². The number of likely N-dealkylation sites (tertiary alicyclic amines) is 1. The molecule has 0 radical (unpaired) electrons. The molecule has 3 nitrogen and oxygen atoms in total. The lowest BCUT2D eigenvalue weighted by Crippen LogP contribution is -2.38. The van der Waals surface area contributed by atoms with Crippen LogP contribution in [0, 0.1) is 5.92 Å². The van der Waals surface area contributed by atoms with E-state index in [1.54, 1.807) is 0 Å². The molecule has 5 heteroatoms. The Labute approximate surface area is 159 Å². The predicted molar refractivity (Wildman–Crippen MR) is 106 cm³/mol. The molecule has 2 aliphatic rings. The third kappa shape index (κ3) is 6.11. The molecule has 1 unspecified atom stereocenters. The summed E-state index contributed by atoms with van der Waals surface area (Å²) in [5.74, 6) is 1.91. The highest BCUT2D eigenvalue weighted by molar-refractivity contribution is 5.85. The maximum absolute atomic E-state index is 6.28. The summed E-state index contributed by atoms with van der Waals surface area (Å²) in [5.41, 5.74) is 1.36. The molecule has 1 aliphatic carbocycles. The summed E-state index contributed by atoms with van der Waals surface area (Å²) >= 11 is 0. The van der Waals surface area contributed by atoms with Crippen molar-refractivity contribution in [1.29, 1.82) is 0 Å². The van der Waals surface area contributed by atoms with Crippen LogP contribution in [0.2, 0.25) is 0 Å². The smallest absolute Gasteiger partial charge is 0.124 e. The zero-order valence-electron chi connectivity index (χ0n) is 14.7. The van der Waals surface area contributed by atoms with Gasteiger partial charge < -0.3 is 10.1 Å². The quantitative estimate of drug-likeness (QED) is 0.803. The average molecular weight is 375 g/mol. The van der Waals surface area contributed by atoms with Crippen LogP contribution in [0.15, 0.2) is 24.3 Å². The predicted octanol–water partition coefficient (Wildman–Crippen LogP) is 4.28. The van der Waals surface area contributed by atoms with E-state index < -0.39 is 0 Å². The first kappa shape index (κ1) is 21.6. The molecule has 1 atom stereocenters. The van der Waals surface area contributed by atoms with E-state index in [1.165, 1.54) is 57.2 Å². The highest BCUT2D eigenvalue weighted by atomic mass is 35.5. The maximum atomic E-state index is 6.28. The van der Waals surface area contributed by atoms with Gasteiger partial charge in [-0.3, -0.25) is 4.90 Å². The number of para-hydroxylation sites is 1. The second kappa shape index (κ2) is 11.2. The molecule has 1 saturated carbocycles. The molecule has 0 amide bonds. The number of nitrogens with one attached hydrogen (secondary N) is 1. The van der Waals surface area contributed by atoms with Crippen LogP contribution in [0.5, 0.6) is 5.75 Å². The van der Waals surface area contributed by atoms with Crippen LogP contribution < -0.4 is 10.1 Å². The Morgan fingerprint density at radius 1 is 1.08 bits per heavy atom. The van der Waals surface area contributed by atoms with Crippen molar-refractivity contribution in [1.82, 2.24) is 10.2 Å². The molecule has 3 rings (SSSR count). The van der Waals surface area contributed by atoms with Crippen LogP contribution in [-0.4, -0.2) is 37.7 Å². The number of rotatable bonds is 6. The van der Waals surface area contributed by atoms with Gasteiger partial charge in [-0.05, 0) is 70.6 Å². The fraction of sp³-hybridized carbons (Fsp3) is 0.684. The van der Waals surface area contributed by atoms with Crippen molar-refractivity contribution in [3.8, 4) is 5.75 Å². The zero-order chi connectivity index (χ0) is 15.2. The highest BCUT2D eigenvalue weighted by Gasteiger charge is 2.22. The molecular formula is C19H32Cl2N2O. The summed E-state index contributed by atoms with van der Waals surface area (Å²) in [6.45, 7) is 4.59. The number of hydrogen-bond donors (Lipinski definition) is 1. The molecule has 2 fully saturated rings. The molecule has 0 aromatic heterocycles. The van der Waals surface area contributed by atoms with Crippen molar-refractivity contribution in [3.05, 3.63) is 29.8 Å². The van der Waals surface area contributed by atoms with E-state index >= 15 is 0 Å². The minimum absolute atomic E-state index is 0. The zero-order valence-corrected chi connectivity index (χ0v) is 16.3. The van der Waals surface area contributed by atoms with E-state index in [2.05, 4.69) is 41.5 Å². The van der Waals surface area contributed by atoms with Crippen molar-refractivity contribution in [3.63, 3.8) is 0 Å². The summed E-state index contributed by atoms with van der Waals surface area (Å²) in [4.78, 5) is 2.60. The Morgan fingerprint density at radius 2 is 1.83 bits per heavy atom. The summed E-state index contributed by atoms with van der Waals surface area (Å²) in [7, 11) is 2.06. The number of piperidine rings is 1. The van der Waals surface area contributed by atoms with Gasteiger partial charge in [0.25, 0.3) is 0 Å². The second-order valence-corrected chi connectivity index (χ2v) is 6.93. The molecule has 138 valence electrons. The number of hydrogen-bond acceptors (Lipinski definition) is 3. The van der Waals surface area contributed by atoms with Crippen LogP contribution in [-0.2, 0) is 6.54 Å². The van der Waals surface area contributed by atoms with Gasteiger partial charge in [0.1, 0.15) is 5.75 Å². The van der Waals surface area contributed by atoms with Gasteiger partial charge in [-0.1, -0.05) is 18.2 Å². The number of benzene rings is 1. The fourth-order valence-corrected chi connectivity index (χ4v) is 3.93. The van der Waals surface area contributed by atoms with Gasteiger partial charge in [-0.2, -0.15) is 0 Å². The van der Waals surface area contributed by atoms with E-state index in [4.69, 9.17) is 4.74 Å². The van der Waals surface area contributed by atoms with Crippen molar-refractivity contribution in [2.45, 2.75) is 51.2 Å². The SMILES string of the molecule is CNCC1CCCN(Cc2ccccc2OC2CCCC2)C1.Cl.Cl. The Bertz CT molecular complexity index is 464. The summed E-state index contributed by atoms with van der Waals surface area (Å²) in [6, 6.07) is 8.65. The lowest BCUT2D eigenvalue weighted by molar-refractivity contribution is 0.160. The fourth-order valence-electron chi connectivity index (χ4n) is 3.93. The average Bonchev–Trinajstić information content (AvgIpc) is 3.03. The van der Waals surface area contributed by atoms with E-state index in [9.17, 15) is 0 Å². The van der Waals surface area contributed by atoms with E-state index in [0.29, 0.717) is 6.10 Å². The Hall–Kier alpha value is -0.480. The Kier molecular flexibility index (Phi) is 10.1. The monoisotopic (exact) mass is 374 g/mol. The lowest BCUT2D eigenvalue weighted by atomic mass is 9.97. The summed E-state index contributed by atoms with van der Waals surface area (Å²) in [5, 5.41) is 3.33. The van der Waals surface area contributed by atoms with Crippen LogP contribution in [0.1, 0.15) is 44.1 Å². The molecule has 0 bridgehead atoms. The summed E-state index contributed by atoms with van der Waals surface area (Å²) in [6.07, 6.45) is 8.22. The van der Waals surface area contributed by atoms with Gasteiger partial charge >= 0.3 is 0 Å². The third-order valence-electron chi connectivity index (χ3n) is 5.06. The number of nitrogens with zero attached hydrogens (tertiary/aromatic N) is 1. The molecular weight excluding hydrogens is 343 g/mol. The normalized spacial score (nSPS) is 21.8. The van der Waals surface area contributed by atoms with E-state index in [1.807, 2.05) is 0 Å². The number of ether oxygens (including phenoxy) is 1. The van der Waals surface area contributed by atoms with Gasteiger partial charge in [0.15, 0.2) is 0 Å². The number of halogens is 2. The topological polar surface area (TPSA) is 24.5 Å². The third-order valence-corrected chi connectivity index (χ3v) is 5.06. The largest absolute Gasteiger partial charge is 0.490 e. The molecule has 1 aliphatic heterocycles. The first-order chi connectivity index (χ1) is 10.8. The standard InChI is InChI=1S/C19H30N2O.2ClH/c1-20-13-16-7-6-12-21(14-16)15-17-8-2-5-11-19(17)22-18-9-3-4-10-18;;/h2,5,8,11,16,18,20H,3-4,6-7,9-10,12-15H2,1H3;2*1H.